The van der Waals surface area contributed by atoms with Crippen LogP contribution in [0.4, 0.5) is 11.4 Å². The zero-order valence-electron chi connectivity index (χ0n) is 16.6. The first-order chi connectivity index (χ1) is 15.4. The fraction of sp³-hybridized carbons (Fsp3) is 0.0476. The van der Waals surface area contributed by atoms with Crippen molar-refractivity contribution in [3.63, 3.8) is 0 Å². The minimum absolute atomic E-state index is 0.148. The first kappa shape index (κ1) is 21.9. The monoisotopic (exact) mass is 436 g/mol. The molecule has 0 saturated carbocycles. The predicted octanol–water partition coefficient (Wildman–Crippen LogP) is 4.07. The Balaban J connectivity index is 1.78. The van der Waals surface area contributed by atoms with Gasteiger partial charge in [-0.3, -0.25) is 25.0 Å². The number of rotatable bonds is 8. The van der Waals surface area contributed by atoms with Crippen LogP contribution in [-0.4, -0.2) is 29.1 Å². The summed E-state index contributed by atoms with van der Waals surface area (Å²) in [5.41, 5.74) is 2.42. The maximum absolute atomic E-state index is 12.0. The van der Waals surface area contributed by atoms with Crippen LogP contribution in [0.2, 0.25) is 0 Å². The lowest BCUT2D eigenvalue weighted by molar-refractivity contribution is -0.394. The van der Waals surface area contributed by atoms with Gasteiger partial charge in [0.15, 0.2) is 11.5 Å². The van der Waals surface area contributed by atoms with Crippen molar-refractivity contribution in [3.05, 3.63) is 98.1 Å². The number of hydrogen-bond donors (Lipinski definition) is 1. The lowest BCUT2D eigenvalue weighted by Crippen LogP contribution is -2.17. The van der Waals surface area contributed by atoms with Gasteiger partial charge in [0.05, 0.1) is 29.2 Å². The summed E-state index contributed by atoms with van der Waals surface area (Å²) in [7, 11) is 1.38. The number of nitro benzene ring substituents is 2. The summed E-state index contributed by atoms with van der Waals surface area (Å²) in [6.45, 7) is 0. The van der Waals surface area contributed by atoms with E-state index in [1.54, 1.807) is 42.5 Å². The Morgan fingerprint density at radius 2 is 1.66 bits per heavy atom. The summed E-state index contributed by atoms with van der Waals surface area (Å²) >= 11 is 0. The minimum Gasteiger partial charge on any atom is -0.493 e. The summed E-state index contributed by atoms with van der Waals surface area (Å²) in [4.78, 5) is 32.7. The van der Waals surface area contributed by atoms with Crippen molar-refractivity contribution in [1.29, 1.82) is 0 Å². The molecule has 3 aromatic rings. The van der Waals surface area contributed by atoms with Gasteiger partial charge in [-0.25, -0.2) is 5.43 Å². The smallest absolute Gasteiger partial charge is 0.318 e. The summed E-state index contributed by atoms with van der Waals surface area (Å²) in [5, 5.41) is 26.1. The molecule has 0 aliphatic rings. The molecule has 0 aliphatic heterocycles. The van der Waals surface area contributed by atoms with Gasteiger partial charge in [-0.1, -0.05) is 18.2 Å². The second-order valence-electron chi connectivity index (χ2n) is 6.24. The Hall–Kier alpha value is -4.80. The van der Waals surface area contributed by atoms with Gasteiger partial charge >= 0.3 is 5.69 Å². The number of hydrogen-bond acceptors (Lipinski definition) is 8. The topological polar surface area (TPSA) is 146 Å². The fourth-order valence-electron chi connectivity index (χ4n) is 2.64. The van der Waals surface area contributed by atoms with Gasteiger partial charge in [-0.05, 0) is 42.0 Å². The van der Waals surface area contributed by atoms with Crippen LogP contribution in [0.25, 0.3) is 0 Å². The molecule has 32 heavy (non-hydrogen) atoms. The molecule has 162 valence electrons. The molecule has 0 radical (unpaired) electrons. The highest BCUT2D eigenvalue weighted by atomic mass is 16.6. The molecule has 0 heterocycles. The zero-order chi connectivity index (χ0) is 23.1. The zero-order valence-corrected chi connectivity index (χ0v) is 16.6. The molecule has 0 unspecified atom stereocenters. The van der Waals surface area contributed by atoms with Crippen LogP contribution in [0.1, 0.15) is 15.9 Å². The van der Waals surface area contributed by atoms with E-state index in [-0.39, 0.29) is 23.2 Å². The van der Waals surface area contributed by atoms with Gasteiger partial charge in [0.1, 0.15) is 0 Å². The van der Waals surface area contributed by atoms with Gasteiger partial charge in [-0.2, -0.15) is 5.10 Å². The largest absolute Gasteiger partial charge is 0.493 e. The van der Waals surface area contributed by atoms with Crippen LogP contribution in [0.5, 0.6) is 17.2 Å². The van der Waals surface area contributed by atoms with E-state index in [1.807, 2.05) is 0 Å². The van der Waals surface area contributed by atoms with Crippen LogP contribution >= 0.6 is 0 Å². The molecule has 1 N–H and O–H groups in total. The van der Waals surface area contributed by atoms with Crippen molar-refractivity contribution in [2.75, 3.05) is 7.11 Å². The van der Waals surface area contributed by atoms with E-state index in [2.05, 4.69) is 10.5 Å². The van der Waals surface area contributed by atoms with E-state index in [0.29, 0.717) is 11.1 Å². The molecule has 11 heteroatoms. The highest BCUT2D eigenvalue weighted by Gasteiger charge is 2.22. The van der Waals surface area contributed by atoms with E-state index >= 15 is 0 Å². The van der Waals surface area contributed by atoms with Gasteiger partial charge < -0.3 is 9.47 Å². The maximum Gasteiger partial charge on any atom is 0.318 e. The molecule has 0 aromatic heterocycles. The summed E-state index contributed by atoms with van der Waals surface area (Å²) in [6.07, 6.45) is 1.39. The number of ether oxygens (including phenoxy) is 2. The number of nitrogens with one attached hydrogen (secondary N) is 1. The summed E-state index contributed by atoms with van der Waals surface area (Å²) in [6, 6.07) is 16.3. The fourth-order valence-corrected chi connectivity index (χ4v) is 2.64. The summed E-state index contributed by atoms with van der Waals surface area (Å²) < 4.78 is 10.8. The number of non-ortho nitro benzene ring substituents is 1. The van der Waals surface area contributed by atoms with Crippen LogP contribution in [0.15, 0.2) is 71.8 Å². The Morgan fingerprint density at radius 3 is 2.31 bits per heavy atom. The number of amides is 1. The van der Waals surface area contributed by atoms with E-state index in [0.717, 1.165) is 18.2 Å². The molecule has 3 rings (SSSR count). The number of methoxy groups -OCH3 is 1. The second kappa shape index (κ2) is 9.80. The normalized spacial score (nSPS) is 10.5. The van der Waals surface area contributed by atoms with Crippen LogP contribution in [0.3, 0.4) is 0 Å². The Kier molecular flexibility index (Phi) is 6.71. The molecule has 1 amide bonds. The highest BCUT2D eigenvalue weighted by molar-refractivity contribution is 5.94. The van der Waals surface area contributed by atoms with Crippen LogP contribution in [0, 0.1) is 20.2 Å². The number of carbonyl (C=O) groups excluding carboxylic acids is 1. The third kappa shape index (κ3) is 5.21. The molecular weight excluding hydrogens is 420 g/mol. The molecule has 3 aromatic carbocycles. The van der Waals surface area contributed by atoms with Gasteiger partial charge in [0, 0.05) is 11.6 Å². The minimum atomic E-state index is -0.773. The maximum atomic E-state index is 12.0. The van der Waals surface area contributed by atoms with Crippen molar-refractivity contribution >= 4 is 23.5 Å². The summed E-state index contributed by atoms with van der Waals surface area (Å²) in [5.74, 6) is -0.180. The van der Waals surface area contributed by atoms with Gasteiger partial charge in [-0.15, -0.1) is 0 Å². The van der Waals surface area contributed by atoms with Crippen molar-refractivity contribution in [3.8, 4) is 17.2 Å². The number of carbonyl (C=O) groups is 1. The van der Waals surface area contributed by atoms with Crippen molar-refractivity contribution in [1.82, 2.24) is 5.43 Å². The molecule has 0 spiro atoms. The van der Waals surface area contributed by atoms with Crippen molar-refractivity contribution < 1.29 is 24.1 Å². The number of nitrogens with zero attached hydrogens (tertiary/aromatic N) is 3. The highest BCUT2D eigenvalue weighted by Crippen LogP contribution is 2.38. The third-order valence-electron chi connectivity index (χ3n) is 4.17. The molecule has 0 saturated heterocycles. The van der Waals surface area contributed by atoms with Crippen molar-refractivity contribution in [2.45, 2.75) is 0 Å². The number of benzene rings is 3. The lowest BCUT2D eigenvalue weighted by Gasteiger charge is -2.11. The Bertz CT molecular complexity index is 1200. The van der Waals surface area contributed by atoms with Gasteiger partial charge in [0.25, 0.3) is 11.6 Å². The third-order valence-corrected chi connectivity index (χ3v) is 4.17. The Morgan fingerprint density at radius 1 is 0.938 bits per heavy atom. The van der Waals surface area contributed by atoms with Crippen molar-refractivity contribution in [2.24, 2.45) is 5.10 Å². The molecule has 0 bridgehead atoms. The average Bonchev–Trinajstić information content (AvgIpc) is 2.80. The lowest BCUT2D eigenvalue weighted by atomic mass is 10.2. The SMILES string of the molecule is COc1cc(C=NNC(=O)c2ccccc2)ccc1Oc1ccc([N+](=O)[O-])cc1[N+](=O)[O-]. The first-order valence-electron chi connectivity index (χ1n) is 9.06. The quantitative estimate of drug-likeness (QED) is 0.318. The molecule has 0 atom stereocenters. The molecule has 11 nitrogen and oxygen atoms in total. The van der Waals surface area contributed by atoms with E-state index in [9.17, 15) is 25.0 Å². The predicted molar refractivity (Wildman–Crippen MR) is 114 cm³/mol. The molecule has 0 fully saturated rings. The Labute approximate surface area is 181 Å². The number of nitro groups is 2. The molecular formula is C21H16N4O7. The van der Waals surface area contributed by atoms with Crippen LogP contribution in [-0.2, 0) is 0 Å². The number of hydrazone groups is 1. The van der Waals surface area contributed by atoms with Gasteiger partial charge in [0.2, 0.25) is 5.75 Å². The van der Waals surface area contributed by atoms with E-state index in [1.165, 1.54) is 19.4 Å². The average molecular weight is 436 g/mol. The first-order valence-corrected chi connectivity index (χ1v) is 9.06. The standard InChI is InChI=1S/C21H16N4O7/c1-31-20-11-14(13-22-23-21(26)15-5-3-2-4-6-15)7-9-19(20)32-18-10-8-16(24(27)28)12-17(18)25(29)30/h2-13H,1H3,(H,23,26). The second-order valence-corrected chi connectivity index (χ2v) is 6.24. The van der Waals surface area contributed by atoms with Crippen LogP contribution < -0.4 is 14.9 Å². The van der Waals surface area contributed by atoms with E-state index < -0.39 is 21.2 Å². The molecule has 0 aliphatic carbocycles. The van der Waals surface area contributed by atoms with E-state index in [4.69, 9.17) is 9.47 Å².